The zero-order valence-corrected chi connectivity index (χ0v) is 11.5. The number of rotatable bonds is 4. The van der Waals surface area contributed by atoms with E-state index in [4.69, 9.17) is 0 Å². The number of nitrogens with one attached hydrogen (secondary N) is 1. The van der Waals surface area contributed by atoms with Gasteiger partial charge in [0.25, 0.3) is 5.91 Å². The number of hydrogen-bond donors (Lipinski definition) is 2. The molecule has 2 heterocycles. The Labute approximate surface area is 112 Å². The fraction of sp³-hybridized carbons (Fsp3) is 0.615. The summed E-state index contributed by atoms with van der Waals surface area (Å²) in [5.41, 5.74) is 1.69. The van der Waals surface area contributed by atoms with Crippen molar-refractivity contribution >= 4 is 17.7 Å². The molecule has 100 valence electrons. The molecule has 1 aromatic heterocycles. The number of aromatic nitrogens is 1. The van der Waals surface area contributed by atoms with Crippen molar-refractivity contribution in [2.24, 2.45) is 0 Å². The van der Waals surface area contributed by atoms with Crippen molar-refractivity contribution in [1.82, 2.24) is 9.88 Å². The van der Waals surface area contributed by atoms with Gasteiger partial charge in [-0.05, 0) is 36.8 Å². The van der Waals surface area contributed by atoms with Crippen LogP contribution in [-0.2, 0) is 0 Å². The highest BCUT2D eigenvalue weighted by atomic mass is 32.2. The van der Waals surface area contributed by atoms with Gasteiger partial charge in [-0.3, -0.25) is 4.79 Å². The second-order valence-corrected chi connectivity index (χ2v) is 5.84. The Bertz CT molecular complexity index is 399. The lowest BCUT2D eigenvalue weighted by Gasteiger charge is -2.33. The molecule has 1 aliphatic rings. The molecule has 0 atom stereocenters. The molecule has 0 radical (unpaired) electrons. The second-order valence-electron chi connectivity index (χ2n) is 4.62. The van der Waals surface area contributed by atoms with Crippen molar-refractivity contribution in [2.75, 3.05) is 24.7 Å². The summed E-state index contributed by atoms with van der Waals surface area (Å²) in [5, 5.41) is 9.18. The molecule has 0 aromatic carbocycles. The maximum absolute atomic E-state index is 12.5. The van der Waals surface area contributed by atoms with Gasteiger partial charge in [0.15, 0.2) is 0 Å². The van der Waals surface area contributed by atoms with Crippen molar-refractivity contribution in [3.63, 3.8) is 0 Å². The van der Waals surface area contributed by atoms with E-state index in [9.17, 15) is 9.90 Å². The summed E-state index contributed by atoms with van der Waals surface area (Å²) < 4.78 is 0. The third-order valence-corrected chi connectivity index (χ3v) is 4.46. The summed E-state index contributed by atoms with van der Waals surface area (Å²) in [6.07, 6.45) is 5.64. The molecule has 18 heavy (non-hydrogen) atoms. The summed E-state index contributed by atoms with van der Waals surface area (Å²) in [5.74, 6) is 2.25. The van der Waals surface area contributed by atoms with Crippen LogP contribution in [0, 0.1) is 6.92 Å². The minimum Gasteiger partial charge on any atom is -0.395 e. The summed E-state index contributed by atoms with van der Waals surface area (Å²) >= 11 is 1.94. The Hall–Kier alpha value is -0.940. The van der Waals surface area contributed by atoms with Gasteiger partial charge in [0, 0.05) is 25.0 Å². The average Bonchev–Trinajstić information content (AvgIpc) is 2.82. The molecule has 0 unspecified atom stereocenters. The smallest absolute Gasteiger partial charge is 0.255 e. The number of aromatic amines is 1. The van der Waals surface area contributed by atoms with E-state index in [2.05, 4.69) is 4.98 Å². The van der Waals surface area contributed by atoms with E-state index in [1.54, 1.807) is 6.20 Å². The van der Waals surface area contributed by atoms with Crippen molar-refractivity contribution < 1.29 is 9.90 Å². The van der Waals surface area contributed by atoms with Gasteiger partial charge in [-0.15, -0.1) is 0 Å². The number of aryl methyl sites for hydroxylation is 1. The predicted molar refractivity (Wildman–Crippen MR) is 74.0 cm³/mol. The van der Waals surface area contributed by atoms with E-state index in [-0.39, 0.29) is 18.6 Å². The third kappa shape index (κ3) is 2.90. The molecule has 4 nitrogen and oxygen atoms in total. The van der Waals surface area contributed by atoms with E-state index in [1.165, 1.54) is 0 Å². The highest BCUT2D eigenvalue weighted by Gasteiger charge is 2.26. The first-order valence-corrected chi connectivity index (χ1v) is 7.52. The van der Waals surface area contributed by atoms with E-state index in [0.717, 1.165) is 35.5 Å². The number of nitrogens with zero attached hydrogens (tertiary/aromatic N) is 1. The average molecular weight is 268 g/mol. The van der Waals surface area contributed by atoms with Crippen LogP contribution in [0.15, 0.2) is 12.4 Å². The highest BCUT2D eigenvalue weighted by Crippen LogP contribution is 2.23. The molecule has 5 heteroatoms. The maximum atomic E-state index is 12.5. The molecule has 1 aromatic rings. The van der Waals surface area contributed by atoms with E-state index in [1.807, 2.05) is 29.8 Å². The standard InChI is InChI=1S/C13H20N2O2S/c1-10-8-14-9-12(10)13(17)15(4-5-16)11-2-6-18-7-3-11/h8-9,11,14,16H,2-7H2,1H3. The molecule has 0 bridgehead atoms. The van der Waals surface area contributed by atoms with Gasteiger partial charge in [-0.25, -0.2) is 0 Å². The molecule has 1 fully saturated rings. The van der Waals surface area contributed by atoms with Gasteiger partial charge in [0.2, 0.25) is 0 Å². The van der Waals surface area contributed by atoms with Gasteiger partial charge >= 0.3 is 0 Å². The maximum Gasteiger partial charge on any atom is 0.255 e. The molecule has 1 aliphatic heterocycles. The van der Waals surface area contributed by atoms with Gasteiger partial charge < -0.3 is 15.0 Å². The number of thioether (sulfide) groups is 1. The van der Waals surface area contributed by atoms with Gasteiger partial charge in [-0.2, -0.15) is 11.8 Å². The van der Waals surface area contributed by atoms with Crippen LogP contribution in [0.25, 0.3) is 0 Å². The zero-order chi connectivity index (χ0) is 13.0. The van der Waals surface area contributed by atoms with E-state index >= 15 is 0 Å². The first kappa shape index (κ1) is 13.5. The van der Waals surface area contributed by atoms with Crippen LogP contribution in [0.2, 0.25) is 0 Å². The van der Waals surface area contributed by atoms with E-state index < -0.39 is 0 Å². The second kappa shape index (κ2) is 6.29. The fourth-order valence-electron chi connectivity index (χ4n) is 2.38. The van der Waals surface area contributed by atoms with Crippen LogP contribution >= 0.6 is 11.8 Å². The number of amides is 1. The largest absolute Gasteiger partial charge is 0.395 e. The minimum atomic E-state index is 0.0266. The number of carbonyl (C=O) groups excluding carboxylic acids is 1. The van der Waals surface area contributed by atoms with Gasteiger partial charge in [-0.1, -0.05) is 0 Å². The quantitative estimate of drug-likeness (QED) is 0.873. The number of carbonyl (C=O) groups is 1. The van der Waals surface area contributed by atoms with Crippen LogP contribution in [0.5, 0.6) is 0 Å². The van der Waals surface area contributed by atoms with E-state index in [0.29, 0.717) is 6.54 Å². The summed E-state index contributed by atoms with van der Waals surface area (Å²) in [7, 11) is 0. The van der Waals surface area contributed by atoms with Crippen molar-refractivity contribution in [3.8, 4) is 0 Å². The third-order valence-electron chi connectivity index (χ3n) is 3.42. The van der Waals surface area contributed by atoms with Crippen LogP contribution < -0.4 is 0 Å². The van der Waals surface area contributed by atoms with Crippen LogP contribution in [0.1, 0.15) is 28.8 Å². The minimum absolute atomic E-state index is 0.0266. The normalized spacial score (nSPS) is 16.8. The van der Waals surface area contributed by atoms with Crippen LogP contribution in [0.4, 0.5) is 0 Å². The Balaban J connectivity index is 2.13. The Kier molecular flexibility index (Phi) is 4.72. The van der Waals surface area contributed by atoms with Crippen LogP contribution in [0.3, 0.4) is 0 Å². The SMILES string of the molecule is Cc1c[nH]cc1C(=O)N(CCO)C1CCSCC1. The molecule has 2 N–H and O–H groups in total. The number of aliphatic hydroxyl groups excluding tert-OH is 1. The van der Waals surface area contributed by atoms with Crippen molar-refractivity contribution in [2.45, 2.75) is 25.8 Å². The first-order valence-electron chi connectivity index (χ1n) is 6.37. The number of H-pyrrole nitrogens is 1. The molecular formula is C13H20N2O2S. The Morgan fingerprint density at radius 1 is 1.50 bits per heavy atom. The topological polar surface area (TPSA) is 56.3 Å². The van der Waals surface area contributed by atoms with Crippen molar-refractivity contribution in [1.29, 1.82) is 0 Å². The molecular weight excluding hydrogens is 248 g/mol. The van der Waals surface area contributed by atoms with Gasteiger partial charge in [0.05, 0.1) is 12.2 Å². The molecule has 0 aliphatic carbocycles. The molecule has 2 rings (SSSR count). The molecule has 0 saturated carbocycles. The lowest BCUT2D eigenvalue weighted by atomic mass is 10.1. The first-order chi connectivity index (χ1) is 8.74. The van der Waals surface area contributed by atoms with Crippen molar-refractivity contribution in [3.05, 3.63) is 23.5 Å². The van der Waals surface area contributed by atoms with Gasteiger partial charge in [0.1, 0.15) is 0 Å². The molecule has 0 spiro atoms. The fourth-order valence-corrected chi connectivity index (χ4v) is 3.46. The lowest BCUT2D eigenvalue weighted by molar-refractivity contribution is 0.0621. The van der Waals surface area contributed by atoms with Crippen LogP contribution in [-0.4, -0.2) is 51.6 Å². The number of aliphatic hydroxyl groups is 1. The summed E-state index contributed by atoms with van der Waals surface area (Å²) in [6.45, 7) is 2.38. The summed E-state index contributed by atoms with van der Waals surface area (Å²) in [4.78, 5) is 17.3. The Morgan fingerprint density at radius 3 is 2.78 bits per heavy atom. The summed E-state index contributed by atoms with van der Waals surface area (Å²) in [6, 6.07) is 0.278. The Morgan fingerprint density at radius 2 is 2.22 bits per heavy atom. The number of hydrogen-bond acceptors (Lipinski definition) is 3. The molecule has 1 saturated heterocycles. The molecule has 1 amide bonds. The monoisotopic (exact) mass is 268 g/mol. The highest BCUT2D eigenvalue weighted by molar-refractivity contribution is 7.99. The zero-order valence-electron chi connectivity index (χ0n) is 10.7. The predicted octanol–water partition coefficient (Wildman–Crippen LogP) is 1.65. The lowest BCUT2D eigenvalue weighted by Crippen LogP contribution is -2.44.